The Balaban J connectivity index is 2.16. The normalized spacial score (nSPS) is 16.7. The quantitative estimate of drug-likeness (QED) is 0.684. The van der Waals surface area contributed by atoms with E-state index in [-0.39, 0.29) is 23.9 Å². The summed E-state index contributed by atoms with van der Waals surface area (Å²) in [4.78, 5) is 30.2. The molecular weight excluding hydrogens is 237 g/mol. The van der Waals surface area contributed by atoms with Crippen molar-refractivity contribution < 1.29 is 14.0 Å². The van der Waals surface area contributed by atoms with Gasteiger partial charge in [0.25, 0.3) is 5.91 Å². The molecule has 96 valence electrons. The van der Waals surface area contributed by atoms with Crippen LogP contribution in [0.1, 0.15) is 16.8 Å². The van der Waals surface area contributed by atoms with E-state index in [1.807, 2.05) is 0 Å². The van der Waals surface area contributed by atoms with Crippen molar-refractivity contribution in [1.82, 2.24) is 14.8 Å². The van der Waals surface area contributed by atoms with Gasteiger partial charge >= 0.3 is 0 Å². The monoisotopic (exact) mass is 251 g/mol. The summed E-state index contributed by atoms with van der Waals surface area (Å²) in [7, 11) is 1.71. The molecule has 0 aliphatic carbocycles. The fraction of sp³-hybridized carbons (Fsp3) is 0.417. The molecule has 1 saturated heterocycles. The molecule has 18 heavy (non-hydrogen) atoms. The summed E-state index contributed by atoms with van der Waals surface area (Å²) in [6.07, 6.45) is 1.97. The molecule has 0 atom stereocenters. The number of pyridine rings is 1. The smallest absolute Gasteiger partial charge is 0.254 e. The van der Waals surface area contributed by atoms with Crippen LogP contribution >= 0.6 is 0 Å². The number of carbonyl (C=O) groups is 2. The minimum atomic E-state index is -0.695. The van der Waals surface area contributed by atoms with Crippen LogP contribution in [0.5, 0.6) is 0 Å². The van der Waals surface area contributed by atoms with Crippen LogP contribution in [0.2, 0.25) is 0 Å². The molecule has 5 nitrogen and oxygen atoms in total. The molecule has 1 aliphatic heterocycles. The Morgan fingerprint density at radius 2 is 2.22 bits per heavy atom. The van der Waals surface area contributed by atoms with Gasteiger partial charge in [0.1, 0.15) is 6.54 Å². The topological polar surface area (TPSA) is 53.5 Å². The van der Waals surface area contributed by atoms with Crippen molar-refractivity contribution in [3.05, 3.63) is 29.8 Å². The number of carbonyl (C=O) groups excluding carboxylic acids is 2. The van der Waals surface area contributed by atoms with E-state index in [0.29, 0.717) is 13.1 Å². The Morgan fingerprint density at radius 1 is 1.44 bits per heavy atom. The number of halogens is 1. The number of likely N-dealkylation sites (N-methyl/N-ethyl adjacent to an activating group) is 1. The van der Waals surface area contributed by atoms with E-state index in [4.69, 9.17) is 0 Å². The molecule has 0 aromatic carbocycles. The summed E-state index contributed by atoms with van der Waals surface area (Å²) in [5.74, 6) is -1.13. The second-order valence-corrected chi connectivity index (χ2v) is 4.26. The first-order chi connectivity index (χ1) is 8.58. The molecule has 0 radical (unpaired) electrons. The van der Waals surface area contributed by atoms with Crippen LogP contribution in [0.4, 0.5) is 4.39 Å². The number of nitrogens with zero attached hydrogens (tertiary/aromatic N) is 3. The van der Waals surface area contributed by atoms with Crippen LogP contribution < -0.4 is 0 Å². The van der Waals surface area contributed by atoms with Gasteiger partial charge in [0.05, 0.1) is 0 Å². The molecule has 6 heteroatoms. The SMILES string of the molecule is CN1CCCN(C(=O)c2ccnc(F)c2)CC1=O. The van der Waals surface area contributed by atoms with Crippen LogP contribution in [0, 0.1) is 5.95 Å². The predicted octanol–water partition coefficient (Wildman–Crippen LogP) is 0.525. The van der Waals surface area contributed by atoms with Crippen LogP contribution in [0.15, 0.2) is 18.3 Å². The zero-order valence-corrected chi connectivity index (χ0v) is 10.1. The lowest BCUT2D eigenvalue weighted by Gasteiger charge is -2.19. The maximum Gasteiger partial charge on any atom is 0.254 e. The van der Waals surface area contributed by atoms with Gasteiger partial charge in [-0.05, 0) is 12.5 Å². The van der Waals surface area contributed by atoms with E-state index in [2.05, 4.69) is 4.98 Å². The Labute approximate surface area is 104 Å². The molecular formula is C12H14FN3O2. The highest BCUT2D eigenvalue weighted by Crippen LogP contribution is 2.09. The second kappa shape index (κ2) is 5.12. The van der Waals surface area contributed by atoms with Gasteiger partial charge in [0, 0.05) is 38.0 Å². The van der Waals surface area contributed by atoms with Gasteiger partial charge < -0.3 is 9.80 Å². The zero-order valence-electron chi connectivity index (χ0n) is 10.1. The van der Waals surface area contributed by atoms with E-state index >= 15 is 0 Å². The van der Waals surface area contributed by atoms with E-state index in [0.717, 1.165) is 12.5 Å². The van der Waals surface area contributed by atoms with E-state index in [9.17, 15) is 14.0 Å². The molecule has 1 fully saturated rings. The summed E-state index contributed by atoms with van der Waals surface area (Å²) in [5, 5.41) is 0. The van der Waals surface area contributed by atoms with Crippen molar-refractivity contribution in [3.8, 4) is 0 Å². The van der Waals surface area contributed by atoms with E-state index in [1.54, 1.807) is 11.9 Å². The summed E-state index contributed by atoms with van der Waals surface area (Å²) in [5.41, 5.74) is 0.222. The molecule has 0 saturated carbocycles. The minimum Gasteiger partial charge on any atom is -0.344 e. The molecule has 0 spiro atoms. The number of aromatic nitrogens is 1. The van der Waals surface area contributed by atoms with Crippen LogP contribution in [-0.2, 0) is 4.79 Å². The summed E-state index contributed by atoms with van der Waals surface area (Å²) < 4.78 is 13.0. The van der Waals surface area contributed by atoms with Crippen LogP contribution in [0.3, 0.4) is 0 Å². The molecule has 0 bridgehead atoms. The molecule has 2 rings (SSSR count). The Hall–Kier alpha value is -1.98. The molecule has 0 unspecified atom stereocenters. The molecule has 2 amide bonds. The largest absolute Gasteiger partial charge is 0.344 e. The molecule has 1 aromatic heterocycles. The molecule has 2 heterocycles. The standard InChI is InChI=1S/C12H14FN3O2/c1-15-5-2-6-16(8-11(15)17)12(18)9-3-4-14-10(13)7-9/h3-4,7H,2,5-6,8H2,1H3. The van der Waals surface area contributed by atoms with Crippen molar-refractivity contribution >= 4 is 11.8 Å². The molecule has 1 aromatic rings. The van der Waals surface area contributed by atoms with E-state index < -0.39 is 5.95 Å². The number of hydrogen-bond donors (Lipinski definition) is 0. The first-order valence-electron chi connectivity index (χ1n) is 5.73. The summed E-state index contributed by atoms with van der Waals surface area (Å²) >= 11 is 0. The third-order valence-electron chi connectivity index (χ3n) is 2.93. The molecule has 0 N–H and O–H groups in total. The van der Waals surface area contributed by atoms with Gasteiger partial charge in [-0.3, -0.25) is 9.59 Å². The lowest BCUT2D eigenvalue weighted by molar-refractivity contribution is -0.129. The van der Waals surface area contributed by atoms with Crippen molar-refractivity contribution in [2.75, 3.05) is 26.7 Å². The maximum atomic E-state index is 13.0. The lowest BCUT2D eigenvalue weighted by Crippen LogP contribution is -2.38. The van der Waals surface area contributed by atoms with Gasteiger partial charge in [-0.25, -0.2) is 4.98 Å². The van der Waals surface area contributed by atoms with Crippen LogP contribution in [0.25, 0.3) is 0 Å². The second-order valence-electron chi connectivity index (χ2n) is 4.26. The van der Waals surface area contributed by atoms with Crippen LogP contribution in [-0.4, -0.2) is 53.3 Å². The average Bonchev–Trinajstić information content (AvgIpc) is 2.51. The summed E-state index contributed by atoms with van der Waals surface area (Å²) in [6.45, 7) is 1.17. The molecule has 1 aliphatic rings. The van der Waals surface area contributed by atoms with Crippen molar-refractivity contribution in [1.29, 1.82) is 0 Å². The van der Waals surface area contributed by atoms with Gasteiger partial charge in [0.15, 0.2) is 0 Å². The highest BCUT2D eigenvalue weighted by atomic mass is 19.1. The number of hydrogen-bond acceptors (Lipinski definition) is 3. The van der Waals surface area contributed by atoms with Gasteiger partial charge in [-0.2, -0.15) is 4.39 Å². The van der Waals surface area contributed by atoms with Gasteiger partial charge in [0.2, 0.25) is 11.9 Å². The highest BCUT2D eigenvalue weighted by Gasteiger charge is 2.23. The Morgan fingerprint density at radius 3 is 2.94 bits per heavy atom. The fourth-order valence-electron chi connectivity index (χ4n) is 1.88. The maximum absolute atomic E-state index is 13.0. The first kappa shape index (κ1) is 12.5. The lowest BCUT2D eigenvalue weighted by atomic mass is 10.2. The van der Waals surface area contributed by atoms with Crippen molar-refractivity contribution in [2.45, 2.75) is 6.42 Å². The zero-order chi connectivity index (χ0) is 13.1. The summed E-state index contributed by atoms with van der Waals surface area (Å²) in [6, 6.07) is 2.53. The van der Waals surface area contributed by atoms with Gasteiger partial charge in [-0.1, -0.05) is 0 Å². The average molecular weight is 251 g/mol. The Kier molecular flexibility index (Phi) is 3.55. The first-order valence-corrected chi connectivity index (χ1v) is 5.73. The third-order valence-corrected chi connectivity index (χ3v) is 2.93. The fourth-order valence-corrected chi connectivity index (χ4v) is 1.88. The predicted molar refractivity (Wildman–Crippen MR) is 62.4 cm³/mol. The number of amides is 2. The number of rotatable bonds is 1. The highest BCUT2D eigenvalue weighted by molar-refractivity contribution is 5.96. The van der Waals surface area contributed by atoms with Crippen molar-refractivity contribution in [3.63, 3.8) is 0 Å². The van der Waals surface area contributed by atoms with Gasteiger partial charge in [-0.15, -0.1) is 0 Å². The minimum absolute atomic E-state index is 0.0409. The Bertz CT molecular complexity index is 478. The van der Waals surface area contributed by atoms with Crippen molar-refractivity contribution in [2.24, 2.45) is 0 Å². The third kappa shape index (κ3) is 2.64. The van der Waals surface area contributed by atoms with E-state index in [1.165, 1.54) is 17.2 Å².